The summed E-state index contributed by atoms with van der Waals surface area (Å²) in [5.41, 5.74) is 5.52. The normalized spacial score (nSPS) is 14.0. The zero-order valence-electron chi connectivity index (χ0n) is 70.5. The number of halogens is 16. The number of carbonyl (C=O) groups excluding carboxylic acids is 5. The van der Waals surface area contributed by atoms with Crippen LogP contribution in [0.15, 0.2) is 194 Å². The number of hydrogen-bond donors (Lipinski definition) is 0. The lowest BCUT2D eigenvalue weighted by atomic mass is 9.86. The summed E-state index contributed by atoms with van der Waals surface area (Å²) in [6.07, 6.45) is -5.31. The van der Waals surface area contributed by atoms with E-state index in [1.54, 1.807) is 72.7 Å². The topological polar surface area (TPSA) is 215 Å². The van der Waals surface area contributed by atoms with Crippen LogP contribution in [0.2, 0.25) is 0 Å². The van der Waals surface area contributed by atoms with E-state index in [2.05, 4.69) is 30.1 Å². The van der Waals surface area contributed by atoms with Gasteiger partial charge in [-0.1, -0.05) is 42.5 Å². The molecule has 3 atom stereocenters. The summed E-state index contributed by atoms with van der Waals surface area (Å²) >= 11 is 0. The maximum absolute atomic E-state index is 14.3. The number of Topliss-reactive ketones (excluding diaryl/α,β-unsaturated/α-hetero) is 5. The minimum Gasteiger partial charge on any atom is -0.323 e. The SMILES string of the molecule is CC(=O)c1cc(-c2cccnc2[C@@H](CC(=O)Cn2nc(C(F)(F)F)c3c2CC(F)(F)CC3)Cc2cc(F)cc(F)c2)ccc1F.CC(=O)c1cc(-c2cccnc2[C@@H](CC(=O)Cn2nc(C(F)(F)F)c3c2CN(C)CC3)Cc2cc(F)cc(F)c2)ccc1F.Cc1cc2ncn(CC(=O)C[C@@H](Cc3cc(F)cc(F)c3)c3ncccc3-c3cccc(S(C)(=O)=O)c3)c2cc1C. The highest BCUT2D eigenvalue weighted by Crippen LogP contribution is 2.43. The average molecular weight is 1820 g/mol. The smallest absolute Gasteiger partial charge is 0.323 e. The maximum Gasteiger partial charge on any atom is 0.435 e. The number of carbonyl (C=O) groups is 5. The van der Waals surface area contributed by atoms with Crippen molar-refractivity contribution in [2.75, 3.05) is 19.8 Å². The highest BCUT2D eigenvalue weighted by atomic mass is 32.2. The molecule has 0 bridgehead atoms. The van der Waals surface area contributed by atoms with Gasteiger partial charge in [-0.2, -0.15) is 36.5 Å². The molecule has 7 aromatic carbocycles. The van der Waals surface area contributed by atoms with Gasteiger partial charge in [0, 0.05) is 133 Å². The number of alkyl halides is 8. The fraction of sp³-hybridized carbons (Fsp3) is 0.281. The van der Waals surface area contributed by atoms with Crippen LogP contribution in [0, 0.1) is 60.4 Å². The molecule has 1 aliphatic carbocycles. The second-order valence-corrected chi connectivity index (χ2v) is 34.6. The first-order valence-electron chi connectivity index (χ1n) is 40.9. The van der Waals surface area contributed by atoms with Crippen molar-refractivity contribution in [2.24, 2.45) is 0 Å². The number of aromatic nitrogens is 9. The summed E-state index contributed by atoms with van der Waals surface area (Å²) in [6.45, 7) is 5.87. The molecule has 2 aliphatic rings. The number of rotatable bonds is 27. The van der Waals surface area contributed by atoms with Crippen LogP contribution in [0.5, 0.6) is 0 Å². The van der Waals surface area contributed by atoms with Crippen LogP contribution in [-0.4, -0.2) is 112 Å². The minimum absolute atomic E-state index is 0.0401. The zero-order valence-corrected chi connectivity index (χ0v) is 71.3. The molecular weight excluding hydrogens is 1740 g/mol. The quantitative estimate of drug-likeness (QED) is 0.0346. The molecule has 130 heavy (non-hydrogen) atoms. The number of fused-ring (bicyclic) bond motifs is 3. The first-order chi connectivity index (χ1) is 61.4. The molecule has 1 aliphatic heterocycles. The third kappa shape index (κ3) is 23.0. The van der Waals surface area contributed by atoms with E-state index in [0.717, 1.165) is 75.6 Å². The third-order valence-corrected chi connectivity index (χ3v) is 23.7. The lowest BCUT2D eigenvalue weighted by Gasteiger charge is -2.24. The number of aryl methyl sites for hydroxylation is 2. The van der Waals surface area contributed by atoms with Crippen LogP contribution >= 0.6 is 0 Å². The van der Waals surface area contributed by atoms with Crippen LogP contribution < -0.4 is 0 Å². The summed E-state index contributed by atoms with van der Waals surface area (Å²) in [7, 11) is -1.70. The lowest BCUT2D eigenvalue weighted by Crippen LogP contribution is -2.29. The van der Waals surface area contributed by atoms with Crippen molar-refractivity contribution in [3.63, 3.8) is 0 Å². The van der Waals surface area contributed by atoms with Gasteiger partial charge >= 0.3 is 12.4 Å². The van der Waals surface area contributed by atoms with E-state index in [9.17, 15) is 103 Å². The molecule has 34 heteroatoms. The van der Waals surface area contributed by atoms with Crippen LogP contribution in [-0.2, 0) is 101 Å². The monoisotopic (exact) mass is 1820 g/mol. The highest BCUT2D eigenvalue weighted by Gasteiger charge is 2.46. The predicted octanol–water partition coefficient (Wildman–Crippen LogP) is 20.6. The molecule has 15 rings (SSSR count). The highest BCUT2D eigenvalue weighted by molar-refractivity contribution is 7.90. The van der Waals surface area contributed by atoms with Gasteiger partial charge in [-0.25, -0.2) is 57.3 Å². The molecule has 7 heterocycles. The van der Waals surface area contributed by atoms with Gasteiger partial charge < -0.3 is 9.47 Å². The number of pyridine rings is 3. The van der Waals surface area contributed by atoms with E-state index in [1.807, 2.05) is 36.9 Å². The fourth-order valence-corrected chi connectivity index (χ4v) is 17.2. The van der Waals surface area contributed by atoms with Crippen molar-refractivity contribution >= 4 is 49.8 Å². The van der Waals surface area contributed by atoms with Gasteiger partial charge in [-0.05, 0) is 214 Å². The Kier molecular flexibility index (Phi) is 28.5. The van der Waals surface area contributed by atoms with Crippen molar-refractivity contribution in [1.29, 1.82) is 0 Å². The molecule has 676 valence electrons. The Morgan fingerprint density at radius 1 is 0.469 bits per heavy atom. The molecule has 6 aromatic heterocycles. The average Bonchev–Trinajstić information content (AvgIpc) is 1.59. The van der Waals surface area contributed by atoms with Gasteiger partial charge in [0.15, 0.2) is 50.1 Å². The maximum atomic E-state index is 14.3. The number of nitrogens with zero attached hydrogens (tertiary/aromatic N) is 10. The van der Waals surface area contributed by atoms with E-state index in [-0.39, 0.29) is 107 Å². The molecule has 0 saturated heterocycles. The summed E-state index contributed by atoms with van der Waals surface area (Å²) < 4.78 is 252. The van der Waals surface area contributed by atoms with Gasteiger partial charge in [-0.15, -0.1) is 0 Å². The summed E-state index contributed by atoms with van der Waals surface area (Å²) in [5.74, 6) is -14.2. The summed E-state index contributed by atoms with van der Waals surface area (Å²) in [5, 5.41) is 7.30. The first kappa shape index (κ1) is 94.6. The van der Waals surface area contributed by atoms with Gasteiger partial charge in [0.1, 0.15) is 46.5 Å². The van der Waals surface area contributed by atoms with Gasteiger partial charge in [0.2, 0.25) is 0 Å². The van der Waals surface area contributed by atoms with Crippen molar-refractivity contribution < 1.29 is 103 Å². The lowest BCUT2D eigenvalue weighted by molar-refractivity contribution is -0.143. The van der Waals surface area contributed by atoms with Crippen molar-refractivity contribution in [3.8, 4) is 33.4 Å². The summed E-state index contributed by atoms with van der Waals surface area (Å²) in [6, 6.07) is 37.2. The van der Waals surface area contributed by atoms with Crippen molar-refractivity contribution in [2.45, 2.75) is 159 Å². The first-order valence-corrected chi connectivity index (χ1v) is 42.7. The number of benzene rings is 7. The molecule has 0 amide bonds. The molecule has 13 aromatic rings. The van der Waals surface area contributed by atoms with Gasteiger partial charge in [0.05, 0.1) is 82.2 Å². The molecular formula is C96H82F16N10O7S. The van der Waals surface area contributed by atoms with Gasteiger partial charge in [-0.3, -0.25) is 48.3 Å². The fourth-order valence-electron chi connectivity index (χ4n) is 16.6. The zero-order chi connectivity index (χ0) is 93.8. The van der Waals surface area contributed by atoms with E-state index in [1.165, 1.54) is 68.7 Å². The minimum atomic E-state index is -4.92. The Morgan fingerprint density at radius 3 is 1.28 bits per heavy atom. The van der Waals surface area contributed by atoms with E-state index < -0.39 is 166 Å². The second kappa shape index (κ2) is 39.1. The van der Waals surface area contributed by atoms with Crippen molar-refractivity contribution in [3.05, 3.63) is 325 Å². The van der Waals surface area contributed by atoms with E-state index in [4.69, 9.17) is 0 Å². The Labute approximate surface area is 735 Å². The molecule has 0 unspecified atom stereocenters. The molecule has 0 fully saturated rings. The second-order valence-electron chi connectivity index (χ2n) is 32.6. The summed E-state index contributed by atoms with van der Waals surface area (Å²) in [4.78, 5) is 84.5. The van der Waals surface area contributed by atoms with Crippen molar-refractivity contribution in [1.82, 2.24) is 49.0 Å². The van der Waals surface area contributed by atoms with Crippen LogP contribution in [0.25, 0.3) is 44.4 Å². The predicted molar refractivity (Wildman–Crippen MR) is 450 cm³/mol. The third-order valence-electron chi connectivity index (χ3n) is 22.6. The molecule has 0 radical (unpaired) electrons. The molecule has 0 spiro atoms. The Balaban J connectivity index is 0.000000166. The van der Waals surface area contributed by atoms with E-state index in [0.29, 0.717) is 79.4 Å². The molecule has 0 N–H and O–H groups in total. The molecule has 17 nitrogen and oxygen atoms in total. The Hall–Kier alpha value is -13.0. The van der Waals surface area contributed by atoms with Crippen LogP contribution in [0.1, 0.15) is 157 Å². The number of hydrogen-bond acceptors (Lipinski definition) is 14. The van der Waals surface area contributed by atoms with Crippen LogP contribution in [0.3, 0.4) is 0 Å². The number of likely N-dealkylation sites (N-methyl/N-ethyl adjacent to an activating group) is 1. The van der Waals surface area contributed by atoms with Crippen LogP contribution in [0.4, 0.5) is 70.2 Å². The number of imidazole rings is 1. The number of sulfone groups is 1. The largest absolute Gasteiger partial charge is 0.435 e. The molecule has 0 saturated carbocycles. The standard InChI is InChI=1S/C32H25F8N3O2.C32H28F6N4O2.C32H29F2N3O3S/c1-17(44)26-13-19(4-5-27(26)35)24-3-2-8-41-29(24)20(9-18-10-21(33)14-22(34)11-18)12-23(45)16-43-28-15-31(36,37)7-6-25(28)30(42-43)32(38,39)40;1-18(43)27-14-20(5-6-28(27)35)25-4-3-8-39-30(25)21(10-19-11-22(33)15-23(34)12-19)13-24(44)16-42-29-17-41(2)9-7-26(29)31(40-42)32(36,37)38;1-20-10-30-31(11-21(20)2)37(19-36-30)18-27(38)15-24(12-22-13-25(33)17-26(34)14-22)32-29(8-5-9-35-32)23-6-4-7-28(16-23)41(3,39)40/h2-5,8,10-11,13-14,20H,6-7,9,12,15-16H2,1H3;3-6,8,11-12,14-15,21H,7,9-10,13,16-17H2,1-2H3;4-11,13-14,16-17,19,24H,12,15,18H2,1-3H3/t20-;21-;24-/m111/s1. The van der Waals surface area contributed by atoms with E-state index >= 15 is 0 Å². The Morgan fingerprint density at radius 2 is 0.869 bits per heavy atom. The number of ketones is 5. The Bertz CT molecular complexity index is 6590. The van der Waals surface area contributed by atoms with Gasteiger partial charge in [0.25, 0.3) is 5.92 Å².